The summed E-state index contributed by atoms with van der Waals surface area (Å²) in [5.41, 5.74) is 1.14. The molecule has 2 aromatic rings. The van der Waals surface area contributed by atoms with E-state index in [0.717, 1.165) is 24.9 Å². The van der Waals surface area contributed by atoms with E-state index in [2.05, 4.69) is 20.5 Å². The Morgan fingerprint density at radius 2 is 2.21 bits per heavy atom. The quantitative estimate of drug-likeness (QED) is 0.798. The van der Waals surface area contributed by atoms with Gasteiger partial charge in [-0.25, -0.2) is 4.68 Å². The van der Waals surface area contributed by atoms with Crippen LogP contribution in [0.1, 0.15) is 24.4 Å². The fourth-order valence-corrected chi connectivity index (χ4v) is 2.48. The number of likely N-dealkylation sites (tertiary alicyclic amines) is 1. The molecule has 2 aromatic heterocycles. The number of hydrogen-bond acceptors (Lipinski definition) is 5. The van der Waals surface area contributed by atoms with Gasteiger partial charge in [0.15, 0.2) is 0 Å². The van der Waals surface area contributed by atoms with Gasteiger partial charge in [0.25, 0.3) is 0 Å². The minimum atomic E-state index is 0.0478. The third-order valence-electron chi connectivity index (χ3n) is 3.35. The molecule has 0 saturated carbocycles. The number of nitrogens with zero attached hydrogens (tertiary/aromatic N) is 6. The second kappa shape index (κ2) is 5.13. The van der Waals surface area contributed by atoms with E-state index in [0.29, 0.717) is 0 Å². The minimum Gasteiger partial charge on any atom is -0.334 e. The molecule has 0 aromatic carbocycles. The van der Waals surface area contributed by atoms with Gasteiger partial charge >= 0.3 is 0 Å². The van der Waals surface area contributed by atoms with Crippen LogP contribution in [0.5, 0.6) is 0 Å². The van der Waals surface area contributed by atoms with Crippen LogP contribution in [0, 0.1) is 0 Å². The van der Waals surface area contributed by atoms with E-state index in [1.165, 1.54) is 11.0 Å². The number of carbonyl (C=O) groups excluding carboxylic acids is 1. The van der Waals surface area contributed by atoms with Gasteiger partial charge in [-0.2, -0.15) is 0 Å². The van der Waals surface area contributed by atoms with E-state index in [-0.39, 0.29) is 18.5 Å². The standard InChI is InChI=1S/C12H14N6O/c19-12(8-17-9-14-15-16-17)18-7-1-2-11(18)10-3-5-13-6-4-10/h3-6,9,11H,1-2,7-8H2/t11-/m1/s1. The lowest BCUT2D eigenvalue weighted by Gasteiger charge is -2.24. The van der Waals surface area contributed by atoms with Crippen LogP contribution in [0.3, 0.4) is 0 Å². The first-order chi connectivity index (χ1) is 9.34. The molecule has 7 nitrogen and oxygen atoms in total. The van der Waals surface area contributed by atoms with Crippen molar-refractivity contribution in [3.8, 4) is 0 Å². The largest absolute Gasteiger partial charge is 0.334 e. The average molecular weight is 258 g/mol. The number of tetrazole rings is 1. The molecule has 0 bridgehead atoms. The topological polar surface area (TPSA) is 76.8 Å². The third-order valence-corrected chi connectivity index (χ3v) is 3.35. The number of aromatic nitrogens is 5. The Kier molecular flexibility index (Phi) is 3.18. The van der Waals surface area contributed by atoms with Crippen LogP contribution in [0.25, 0.3) is 0 Å². The summed E-state index contributed by atoms with van der Waals surface area (Å²) in [6.45, 7) is 0.975. The average Bonchev–Trinajstić information content (AvgIpc) is 3.10. The van der Waals surface area contributed by atoms with Gasteiger partial charge in [-0.05, 0) is 41.0 Å². The Morgan fingerprint density at radius 1 is 1.37 bits per heavy atom. The lowest BCUT2D eigenvalue weighted by atomic mass is 10.1. The Bertz CT molecular complexity index is 541. The molecule has 0 aliphatic carbocycles. The first-order valence-electron chi connectivity index (χ1n) is 6.25. The normalized spacial score (nSPS) is 18.7. The highest BCUT2D eigenvalue weighted by atomic mass is 16.2. The van der Waals surface area contributed by atoms with Crippen molar-refractivity contribution in [3.05, 3.63) is 36.4 Å². The molecule has 98 valence electrons. The van der Waals surface area contributed by atoms with Gasteiger partial charge in [-0.15, -0.1) is 5.10 Å². The highest BCUT2D eigenvalue weighted by Gasteiger charge is 2.29. The molecule has 19 heavy (non-hydrogen) atoms. The zero-order valence-electron chi connectivity index (χ0n) is 10.4. The van der Waals surface area contributed by atoms with Gasteiger partial charge in [0.2, 0.25) is 5.91 Å². The van der Waals surface area contributed by atoms with Crippen LogP contribution in [-0.2, 0) is 11.3 Å². The van der Waals surface area contributed by atoms with E-state index in [9.17, 15) is 4.79 Å². The van der Waals surface area contributed by atoms with E-state index < -0.39 is 0 Å². The fraction of sp³-hybridized carbons (Fsp3) is 0.417. The molecule has 0 radical (unpaired) electrons. The van der Waals surface area contributed by atoms with Crippen molar-refractivity contribution in [1.82, 2.24) is 30.1 Å². The van der Waals surface area contributed by atoms with Crippen molar-refractivity contribution in [2.45, 2.75) is 25.4 Å². The van der Waals surface area contributed by atoms with Crippen molar-refractivity contribution < 1.29 is 4.79 Å². The molecule has 0 unspecified atom stereocenters. The first kappa shape index (κ1) is 11.8. The van der Waals surface area contributed by atoms with Crippen LogP contribution in [-0.4, -0.2) is 42.5 Å². The molecule has 3 rings (SSSR count). The van der Waals surface area contributed by atoms with E-state index >= 15 is 0 Å². The van der Waals surface area contributed by atoms with E-state index in [1.54, 1.807) is 12.4 Å². The number of hydrogen-bond donors (Lipinski definition) is 0. The molecule has 0 spiro atoms. The predicted molar refractivity (Wildman–Crippen MR) is 65.7 cm³/mol. The molecule has 0 N–H and O–H groups in total. The van der Waals surface area contributed by atoms with Crippen molar-refractivity contribution in [3.63, 3.8) is 0 Å². The number of pyridine rings is 1. The summed E-state index contributed by atoms with van der Waals surface area (Å²) in [7, 11) is 0. The maximum atomic E-state index is 12.3. The van der Waals surface area contributed by atoms with Crippen LogP contribution in [0.15, 0.2) is 30.9 Å². The lowest BCUT2D eigenvalue weighted by Crippen LogP contribution is -2.33. The third kappa shape index (κ3) is 2.44. The highest BCUT2D eigenvalue weighted by Crippen LogP contribution is 2.31. The maximum absolute atomic E-state index is 12.3. The van der Waals surface area contributed by atoms with Gasteiger partial charge in [0.05, 0.1) is 6.04 Å². The van der Waals surface area contributed by atoms with Crippen molar-refractivity contribution in [1.29, 1.82) is 0 Å². The number of amides is 1. The Labute approximate surface area is 110 Å². The summed E-state index contributed by atoms with van der Waals surface area (Å²) in [5, 5.41) is 10.8. The molecular formula is C12H14N6O. The van der Waals surface area contributed by atoms with Crippen LogP contribution in [0.4, 0.5) is 0 Å². The number of carbonyl (C=O) groups is 1. The summed E-state index contributed by atoms with van der Waals surface area (Å²) in [6.07, 6.45) is 6.99. The predicted octanol–water partition coefficient (Wildman–Crippen LogP) is 0.432. The van der Waals surface area contributed by atoms with Crippen molar-refractivity contribution >= 4 is 5.91 Å². The van der Waals surface area contributed by atoms with Gasteiger partial charge in [0.1, 0.15) is 12.9 Å². The molecule has 1 aliphatic rings. The molecule has 1 aliphatic heterocycles. The highest BCUT2D eigenvalue weighted by molar-refractivity contribution is 5.76. The van der Waals surface area contributed by atoms with Crippen LogP contribution >= 0.6 is 0 Å². The summed E-state index contributed by atoms with van der Waals surface area (Å²) < 4.78 is 1.45. The molecule has 1 saturated heterocycles. The molecule has 1 amide bonds. The summed E-state index contributed by atoms with van der Waals surface area (Å²) in [6, 6.07) is 4.08. The molecule has 3 heterocycles. The number of rotatable bonds is 3. The zero-order chi connectivity index (χ0) is 13.1. The molecular weight excluding hydrogens is 244 g/mol. The van der Waals surface area contributed by atoms with Crippen molar-refractivity contribution in [2.75, 3.05) is 6.54 Å². The van der Waals surface area contributed by atoms with Crippen molar-refractivity contribution in [2.24, 2.45) is 0 Å². The molecule has 1 atom stereocenters. The maximum Gasteiger partial charge on any atom is 0.244 e. The van der Waals surface area contributed by atoms with Crippen LogP contribution < -0.4 is 0 Å². The SMILES string of the molecule is O=C(Cn1cnnn1)N1CCC[C@@H]1c1ccncc1. The van der Waals surface area contributed by atoms with Gasteiger partial charge in [0, 0.05) is 18.9 Å². The molecule has 7 heteroatoms. The molecule has 1 fully saturated rings. The first-order valence-corrected chi connectivity index (χ1v) is 6.25. The Balaban J connectivity index is 1.74. The zero-order valence-corrected chi connectivity index (χ0v) is 10.4. The monoisotopic (exact) mass is 258 g/mol. The smallest absolute Gasteiger partial charge is 0.244 e. The summed E-state index contributed by atoms with van der Waals surface area (Å²) in [4.78, 5) is 18.2. The van der Waals surface area contributed by atoms with Gasteiger partial charge in [-0.1, -0.05) is 0 Å². The lowest BCUT2D eigenvalue weighted by molar-refractivity contribution is -0.133. The van der Waals surface area contributed by atoms with Gasteiger partial charge < -0.3 is 4.90 Å². The van der Waals surface area contributed by atoms with E-state index in [1.807, 2.05) is 17.0 Å². The Hall–Kier alpha value is -2.31. The minimum absolute atomic E-state index is 0.0478. The fourth-order valence-electron chi connectivity index (χ4n) is 2.48. The second-order valence-corrected chi connectivity index (χ2v) is 4.53. The Morgan fingerprint density at radius 3 is 2.95 bits per heavy atom. The summed E-state index contributed by atoms with van der Waals surface area (Å²) >= 11 is 0. The summed E-state index contributed by atoms with van der Waals surface area (Å²) in [5.74, 6) is 0.0478. The van der Waals surface area contributed by atoms with Crippen LogP contribution in [0.2, 0.25) is 0 Å². The van der Waals surface area contributed by atoms with E-state index in [4.69, 9.17) is 0 Å². The van der Waals surface area contributed by atoms with Gasteiger partial charge in [-0.3, -0.25) is 9.78 Å². The second-order valence-electron chi connectivity index (χ2n) is 4.53.